The molecule has 0 aliphatic carbocycles. The number of nitrogens with one attached hydrogen (secondary N) is 1. The van der Waals surface area contributed by atoms with Gasteiger partial charge in [-0.1, -0.05) is 13.8 Å². The molecule has 7 heteroatoms. The minimum absolute atomic E-state index is 0.147. The number of fused-ring (bicyclic) bond motifs is 1. The largest absolute Gasteiger partial charge is 0.389 e. The van der Waals surface area contributed by atoms with E-state index in [0.717, 1.165) is 5.69 Å². The number of rotatable bonds is 3. The second kappa shape index (κ2) is 5.81. The first-order chi connectivity index (χ1) is 10.5. The first kappa shape index (κ1) is 15.2. The average molecular weight is 308 g/mol. The zero-order valence-corrected chi connectivity index (χ0v) is 13.0. The minimum atomic E-state index is -0.597. The van der Waals surface area contributed by atoms with Gasteiger partial charge in [0.25, 0.3) is 0 Å². The van der Waals surface area contributed by atoms with E-state index in [0.29, 0.717) is 36.7 Å². The van der Waals surface area contributed by atoms with E-state index in [1.807, 2.05) is 13.8 Å². The zero-order valence-electron chi connectivity index (χ0n) is 13.0. The third-order valence-electron chi connectivity index (χ3n) is 4.09. The number of aromatic nitrogens is 3. The molecule has 2 aromatic rings. The molecule has 1 aliphatic heterocycles. The Morgan fingerprint density at radius 3 is 2.95 bits per heavy atom. The molecule has 0 spiro atoms. The Morgan fingerprint density at radius 1 is 1.50 bits per heavy atom. The van der Waals surface area contributed by atoms with Gasteiger partial charge in [0.15, 0.2) is 5.82 Å². The number of ether oxygens (including phenoxy) is 1. The molecule has 22 heavy (non-hydrogen) atoms. The Bertz CT molecular complexity index is 686. The van der Waals surface area contributed by atoms with Crippen LogP contribution in [-0.4, -0.2) is 45.1 Å². The van der Waals surface area contributed by atoms with Crippen molar-refractivity contribution in [2.75, 3.05) is 18.5 Å². The maximum Gasteiger partial charge on any atom is 0.241 e. The van der Waals surface area contributed by atoms with E-state index < -0.39 is 6.10 Å². The van der Waals surface area contributed by atoms with Crippen LogP contribution in [0, 0.1) is 12.7 Å². The van der Waals surface area contributed by atoms with Crippen LogP contribution >= 0.6 is 0 Å². The first-order valence-electron chi connectivity index (χ1n) is 7.55. The number of hydrogen-bond donors (Lipinski definition) is 2. The van der Waals surface area contributed by atoms with Gasteiger partial charge in [0, 0.05) is 12.2 Å². The lowest BCUT2D eigenvalue weighted by atomic mass is 10.1. The van der Waals surface area contributed by atoms with Crippen LogP contribution in [0.5, 0.6) is 0 Å². The van der Waals surface area contributed by atoms with Crippen molar-refractivity contribution in [2.45, 2.75) is 45.3 Å². The molecule has 0 saturated carbocycles. The molecular formula is C15H21FN4O2. The Hall–Kier alpha value is -1.73. The number of aliphatic hydroxyl groups is 1. The third-order valence-corrected chi connectivity index (χ3v) is 4.09. The molecule has 2 atom stereocenters. The average Bonchev–Trinajstić information content (AvgIpc) is 2.73. The number of halogens is 1. The smallest absolute Gasteiger partial charge is 0.241 e. The normalized spacial score (nSPS) is 22.5. The van der Waals surface area contributed by atoms with Crippen LogP contribution in [0.4, 0.5) is 10.3 Å². The Balaban J connectivity index is 1.97. The third kappa shape index (κ3) is 2.55. The summed E-state index contributed by atoms with van der Waals surface area (Å²) in [5, 5.41) is 17.5. The Kier molecular flexibility index (Phi) is 4.01. The van der Waals surface area contributed by atoms with Crippen molar-refractivity contribution in [3.05, 3.63) is 23.3 Å². The summed E-state index contributed by atoms with van der Waals surface area (Å²) in [6.45, 7) is 6.66. The van der Waals surface area contributed by atoms with Crippen LogP contribution < -0.4 is 5.32 Å². The molecule has 120 valence electrons. The minimum Gasteiger partial charge on any atom is -0.389 e. The van der Waals surface area contributed by atoms with Gasteiger partial charge in [-0.2, -0.15) is 0 Å². The van der Waals surface area contributed by atoms with Crippen molar-refractivity contribution in [1.82, 2.24) is 14.6 Å². The number of hydrogen-bond acceptors (Lipinski definition) is 5. The quantitative estimate of drug-likeness (QED) is 0.905. The van der Waals surface area contributed by atoms with Crippen molar-refractivity contribution >= 4 is 11.5 Å². The molecule has 6 nitrogen and oxygen atoms in total. The molecule has 0 aromatic carbocycles. The lowest BCUT2D eigenvalue weighted by Gasteiger charge is -2.28. The maximum absolute atomic E-state index is 14.3. The maximum atomic E-state index is 14.3. The first-order valence-corrected chi connectivity index (χ1v) is 7.55. The fourth-order valence-corrected chi connectivity index (χ4v) is 2.95. The van der Waals surface area contributed by atoms with Crippen molar-refractivity contribution in [1.29, 1.82) is 0 Å². The molecule has 1 fully saturated rings. The summed E-state index contributed by atoms with van der Waals surface area (Å²) in [7, 11) is 0. The second-order valence-corrected chi connectivity index (χ2v) is 6.04. The van der Waals surface area contributed by atoms with Gasteiger partial charge < -0.3 is 15.2 Å². The lowest BCUT2D eigenvalue weighted by molar-refractivity contribution is -0.0136. The predicted molar refractivity (Wildman–Crippen MR) is 80.6 cm³/mol. The summed E-state index contributed by atoms with van der Waals surface area (Å²) in [6.07, 6.45) is 1.56. The molecular weight excluding hydrogens is 287 g/mol. The highest BCUT2D eigenvalue weighted by atomic mass is 19.1. The van der Waals surface area contributed by atoms with E-state index in [2.05, 4.69) is 15.4 Å². The van der Waals surface area contributed by atoms with Gasteiger partial charge in [-0.3, -0.25) is 0 Å². The van der Waals surface area contributed by atoms with E-state index in [1.165, 1.54) is 6.20 Å². The van der Waals surface area contributed by atoms with Crippen molar-refractivity contribution in [2.24, 2.45) is 0 Å². The van der Waals surface area contributed by atoms with Crippen molar-refractivity contribution in [3.8, 4) is 0 Å². The van der Waals surface area contributed by atoms with Gasteiger partial charge in [0.2, 0.25) is 5.95 Å². The highest BCUT2D eigenvalue weighted by molar-refractivity contribution is 5.54. The van der Waals surface area contributed by atoms with Crippen LogP contribution in [0.3, 0.4) is 0 Å². The zero-order chi connectivity index (χ0) is 15.9. The van der Waals surface area contributed by atoms with Gasteiger partial charge in [-0.25, -0.2) is 13.9 Å². The summed E-state index contributed by atoms with van der Waals surface area (Å²) >= 11 is 0. The van der Waals surface area contributed by atoms with E-state index in [1.54, 1.807) is 11.4 Å². The standard InChI is InChI=1S/C15H21FN4O2/c1-8(2)14-9(3)13(16)11-6-17-15(19-20(11)14)18-10-4-5-22-7-12(10)21/h6,8,10,12,21H,4-5,7H2,1-3H3,(H,18,19)/t10-,12-/m1/s1. The van der Waals surface area contributed by atoms with Gasteiger partial charge >= 0.3 is 0 Å². The summed E-state index contributed by atoms with van der Waals surface area (Å²) in [5.41, 5.74) is 1.82. The van der Waals surface area contributed by atoms with Crippen LogP contribution in [0.1, 0.15) is 37.4 Å². The summed E-state index contributed by atoms with van der Waals surface area (Å²) in [6, 6.07) is -0.157. The van der Waals surface area contributed by atoms with Gasteiger partial charge in [-0.05, 0) is 19.3 Å². The molecule has 3 rings (SSSR count). The van der Waals surface area contributed by atoms with E-state index in [-0.39, 0.29) is 17.8 Å². The van der Waals surface area contributed by atoms with Crippen LogP contribution in [0.2, 0.25) is 0 Å². The monoisotopic (exact) mass is 308 g/mol. The lowest BCUT2D eigenvalue weighted by Crippen LogP contribution is -2.42. The van der Waals surface area contributed by atoms with Crippen LogP contribution in [-0.2, 0) is 4.74 Å². The number of anilines is 1. The highest BCUT2D eigenvalue weighted by Gasteiger charge is 2.25. The Morgan fingerprint density at radius 2 is 2.27 bits per heavy atom. The molecule has 2 aromatic heterocycles. The van der Waals surface area contributed by atoms with Crippen LogP contribution in [0.25, 0.3) is 5.52 Å². The molecule has 3 heterocycles. The summed E-state index contributed by atoms with van der Waals surface area (Å²) in [5.74, 6) is 0.255. The van der Waals surface area contributed by atoms with Crippen LogP contribution in [0.15, 0.2) is 6.20 Å². The van der Waals surface area contributed by atoms with E-state index in [9.17, 15) is 9.50 Å². The van der Waals surface area contributed by atoms with Gasteiger partial charge in [0.05, 0.1) is 30.6 Å². The highest BCUT2D eigenvalue weighted by Crippen LogP contribution is 2.26. The summed E-state index contributed by atoms with van der Waals surface area (Å²) < 4.78 is 21.1. The van der Waals surface area contributed by atoms with Gasteiger partial charge in [0.1, 0.15) is 5.52 Å². The van der Waals surface area contributed by atoms with E-state index in [4.69, 9.17) is 4.74 Å². The van der Waals surface area contributed by atoms with E-state index >= 15 is 0 Å². The molecule has 0 radical (unpaired) electrons. The fraction of sp³-hybridized carbons (Fsp3) is 0.600. The van der Waals surface area contributed by atoms with Gasteiger partial charge in [-0.15, -0.1) is 5.10 Å². The molecule has 0 unspecified atom stereocenters. The topological polar surface area (TPSA) is 71.7 Å². The molecule has 2 N–H and O–H groups in total. The SMILES string of the molecule is Cc1c(F)c2cnc(N[C@@H]3CCOC[C@H]3O)nn2c1C(C)C. The molecule has 0 amide bonds. The number of nitrogens with zero attached hydrogens (tertiary/aromatic N) is 3. The molecule has 0 bridgehead atoms. The molecule has 1 aliphatic rings. The van der Waals surface area contributed by atoms with Crippen molar-refractivity contribution < 1.29 is 14.2 Å². The Labute approximate surface area is 128 Å². The second-order valence-electron chi connectivity index (χ2n) is 6.04. The molecule has 1 saturated heterocycles. The summed E-state index contributed by atoms with van der Waals surface area (Å²) in [4.78, 5) is 4.18. The fourth-order valence-electron chi connectivity index (χ4n) is 2.95. The number of aliphatic hydroxyl groups excluding tert-OH is 1. The predicted octanol–water partition coefficient (Wildman–Crippen LogP) is 1.86. The van der Waals surface area contributed by atoms with Crippen molar-refractivity contribution in [3.63, 3.8) is 0 Å².